The van der Waals surface area contributed by atoms with E-state index in [0.717, 1.165) is 25.0 Å². The summed E-state index contributed by atoms with van der Waals surface area (Å²) in [4.78, 5) is 13.9. The van der Waals surface area contributed by atoms with Crippen molar-refractivity contribution in [1.82, 2.24) is 15.2 Å². The van der Waals surface area contributed by atoms with Crippen LogP contribution in [-0.2, 0) is 16.0 Å². The highest BCUT2D eigenvalue weighted by molar-refractivity contribution is 5.81. The molecule has 2 heterocycles. The van der Waals surface area contributed by atoms with Gasteiger partial charge in [0.1, 0.15) is 11.0 Å². The van der Waals surface area contributed by atoms with Crippen LogP contribution in [0.1, 0.15) is 18.4 Å². The summed E-state index contributed by atoms with van der Waals surface area (Å²) in [6.07, 6.45) is 2.66. The summed E-state index contributed by atoms with van der Waals surface area (Å²) in [6.45, 7) is 1.47. The van der Waals surface area contributed by atoms with Crippen molar-refractivity contribution in [2.75, 3.05) is 20.2 Å². The fourth-order valence-electron chi connectivity index (χ4n) is 2.44. The van der Waals surface area contributed by atoms with Gasteiger partial charge >= 0.3 is 0 Å². The summed E-state index contributed by atoms with van der Waals surface area (Å²) in [5.41, 5.74) is 2.29. The van der Waals surface area contributed by atoms with Gasteiger partial charge in [-0.3, -0.25) is 4.79 Å². The van der Waals surface area contributed by atoms with E-state index in [0.29, 0.717) is 24.0 Å². The third kappa shape index (κ3) is 2.80. The number of hydrogen-bond donors (Lipinski definition) is 0. The first-order valence-corrected chi connectivity index (χ1v) is 6.79. The van der Waals surface area contributed by atoms with Crippen LogP contribution in [0.25, 0.3) is 11.0 Å². The lowest BCUT2D eigenvalue weighted by Gasteiger charge is -2.20. The molecule has 0 saturated carbocycles. The first-order valence-electron chi connectivity index (χ1n) is 6.79. The number of ether oxygens (including phenoxy) is 1. The van der Waals surface area contributed by atoms with Gasteiger partial charge in [-0.05, 0) is 40.9 Å². The average Bonchev–Trinajstić information content (AvgIpc) is 3.08. The number of amides is 1. The molecule has 1 aliphatic heterocycles. The molecule has 106 valence electrons. The van der Waals surface area contributed by atoms with Crippen LogP contribution in [0, 0.1) is 0 Å². The van der Waals surface area contributed by atoms with Crippen LogP contribution in [0.2, 0.25) is 0 Å². The zero-order chi connectivity index (χ0) is 13.9. The second-order valence-corrected chi connectivity index (χ2v) is 5.17. The molecule has 0 aliphatic carbocycles. The van der Waals surface area contributed by atoms with Crippen molar-refractivity contribution >= 4 is 16.9 Å². The highest BCUT2D eigenvalue weighted by Gasteiger charge is 2.20. The van der Waals surface area contributed by atoms with Gasteiger partial charge in [0, 0.05) is 20.2 Å². The molecule has 6 nitrogen and oxygen atoms in total. The number of fused-ring (bicyclic) bond motifs is 1. The third-order valence-corrected chi connectivity index (χ3v) is 3.60. The van der Waals surface area contributed by atoms with Gasteiger partial charge in [-0.2, -0.15) is 0 Å². The van der Waals surface area contributed by atoms with E-state index in [9.17, 15) is 4.79 Å². The molecule has 1 fully saturated rings. The van der Waals surface area contributed by atoms with Crippen molar-refractivity contribution in [3.8, 4) is 0 Å². The first-order chi connectivity index (χ1) is 9.72. The number of carbonyl (C=O) groups excluding carboxylic acids is 1. The highest BCUT2D eigenvalue weighted by Crippen LogP contribution is 2.15. The molecular weight excluding hydrogens is 258 g/mol. The fourth-order valence-corrected chi connectivity index (χ4v) is 2.44. The van der Waals surface area contributed by atoms with E-state index in [2.05, 4.69) is 14.9 Å². The number of carbonyl (C=O) groups is 1. The van der Waals surface area contributed by atoms with Crippen molar-refractivity contribution in [3.05, 3.63) is 23.8 Å². The van der Waals surface area contributed by atoms with E-state index >= 15 is 0 Å². The van der Waals surface area contributed by atoms with E-state index < -0.39 is 0 Å². The predicted molar refractivity (Wildman–Crippen MR) is 72.1 cm³/mol. The van der Waals surface area contributed by atoms with Gasteiger partial charge in [0.2, 0.25) is 5.91 Å². The maximum atomic E-state index is 12.2. The molecule has 0 bridgehead atoms. The molecule has 1 aliphatic rings. The Hall–Kier alpha value is -1.95. The molecule has 1 aromatic carbocycles. The van der Waals surface area contributed by atoms with Crippen LogP contribution in [0.5, 0.6) is 0 Å². The molecule has 1 atom stereocenters. The quantitative estimate of drug-likeness (QED) is 0.843. The van der Waals surface area contributed by atoms with E-state index in [-0.39, 0.29) is 12.0 Å². The Morgan fingerprint density at radius 2 is 2.25 bits per heavy atom. The molecule has 1 amide bonds. The summed E-state index contributed by atoms with van der Waals surface area (Å²) in [5.74, 6) is 0.0799. The smallest absolute Gasteiger partial charge is 0.226 e. The molecule has 1 unspecified atom stereocenters. The van der Waals surface area contributed by atoms with Gasteiger partial charge in [-0.25, -0.2) is 4.63 Å². The maximum absolute atomic E-state index is 12.2. The number of nitrogens with zero attached hydrogens (tertiary/aromatic N) is 3. The second kappa shape index (κ2) is 5.58. The monoisotopic (exact) mass is 275 g/mol. The Morgan fingerprint density at radius 1 is 1.40 bits per heavy atom. The van der Waals surface area contributed by atoms with Crippen molar-refractivity contribution in [3.63, 3.8) is 0 Å². The highest BCUT2D eigenvalue weighted by atomic mass is 16.6. The average molecular weight is 275 g/mol. The van der Waals surface area contributed by atoms with Gasteiger partial charge in [-0.1, -0.05) is 6.07 Å². The number of aromatic nitrogens is 2. The largest absolute Gasteiger partial charge is 0.376 e. The molecule has 1 aromatic heterocycles. The van der Waals surface area contributed by atoms with Crippen molar-refractivity contribution < 1.29 is 14.2 Å². The van der Waals surface area contributed by atoms with Crippen LogP contribution >= 0.6 is 0 Å². The standard InChI is InChI=1S/C14H17N3O3/c1-17(9-11-3-2-6-19-11)14(18)8-10-4-5-12-13(7-10)16-20-15-12/h4-5,7,11H,2-3,6,8-9H2,1H3. The molecule has 3 rings (SSSR count). The Morgan fingerprint density at radius 3 is 3.05 bits per heavy atom. The lowest BCUT2D eigenvalue weighted by atomic mass is 10.1. The van der Waals surface area contributed by atoms with Crippen LogP contribution in [-0.4, -0.2) is 47.4 Å². The van der Waals surface area contributed by atoms with Crippen molar-refractivity contribution in [1.29, 1.82) is 0 Å². The second-order valence-electron chi connectivity index (χ2n) is 5.17. The minimum Gasteiger partial charge on any atom is -0.376 e. The van der Waals surface area contributed by atoms with Crippen LogP contribution < -0.4 is 0 Å². The fraction of sp³-hybridized carbons (Fsp3) is 0.500. The molecule has 0 spiro atoms. The van der Waals surface area contributed by atoms with Crippen molar-refractivity contribution in [2.24, 2.45) is 0 Å². The van der Waals surface area contributed by atoms with Gasteiger partial charge in [0.15, 0.2) is 0 Å². The Kier molecular flexibility index (Phi) is 3.64. The van der Waals surface area contributed by atoms with Gasteiger partial charge in [0.05, 0.1) is 12.5 Å². The van der Waals surface area contributed by atoms with Crippen LogP contribution in [0.4, 0.5) is 0 Å². The minimum absolute atomic E-state index is 0.0799. The third-order valence-electron chi connectivity index (χ3n) is 3.60. The predicted octanol–water partition coefficient (Wildman–Crippen LogP) is 1.40. The summed E-state index contributed by atoms with van der Waals surface area (Å²) in [6, 6.07) is 5.53. The first kappa shape index (κ1) is 13.1. The number of likely N-dealkylation sites (N-methyl/N-ethyl adjacent to an activating group) is 1. The van der Waals surface area contributed by atoms with Gasteiger partial charge in [-0.15, -0.1) is 0 Å². The number of rotatable bonds is 4. The zero-order valence-electron chi connectivity index (χ0n) is 11.4. The molecular formula is C14H17N3O3. The molecule has 20 heavy (non-hydrogen) atoms. The van der Waals surface area contributed by atoms with E-state index in [1.807, 2.05) is 25.2 Å². The minimum atomic E-state index is 0.0799. The van der Waals surface area contributed by atoms with Crippen LogP contribution in [0.3, 0.4) is 0 Å². The molecule has 2 aromatic rings. The Bertz CT molecular complexity index is 604. The van der Waals surface area contributed by atoms with Gasteiger partial charge in [0.25, 0.3) is 0 Å². The Balaban J connectivity index is 1.62. The number of hydrogen-bond acceptors (Lipinski definition) is 5. The molecule has 6 heteroatoms. The zero-order valence-corrected chi connectivity index (χ0v) is 11.4. The maximum Gasteiger partial charge on any atom is 0.226 e. The lowest BCUT2D eigenvalue weighted by molar-refractivity contribution is -0.130. The van der Waals surface area contributed by atoms with E-state index in [4.69, 9.17) is 4.74 Å². The lowest BCUT2D eigenvalue weighted by Crippen LogP contribution is -2.35. The van der Waals surface area contributed by atoms with Gasteiger partial charge < -0.3 is 9.64 Å². The summed E-state index contributed by atoms with van der Waals surface area (Å²) in [5, 5.41) is 7.53. The summed E-state index contributed by atoms with van der Waals surface area (Å²) >= 11 is 0. The normalized spacial score (nSPS) is 18.6. The van der Waals surface area contributed by atoms with Crippen LogP contribution in [0.15, 0.2) is 22.8 Å². The topological polar surface area (TPSA) is 68.5 Å². The Labute approximate surface area is 116 Å². The molecule has 1 saturated heterocycles. The van der Waals surface area contributed by atoms with E-state index in [1.54, 1.807) is 4.90 Å². The summed E-state index contributed by atoms with van der Waals surface area (Å²) in [7, 11) is 1.82. The van der Waals surface area contributed by atoms with E-state index in [1.165, 1.54) is 0 Å². The van der Waals surface area contributed by atoms with Crippen molar-refractivity contribution in [2.45, 2.75) is 25.4 Å². The SMILES string of the molecule is CN(CC1CCCO1)C(=O)Cc1ccc2nonc2c1. The number of benzene rings is 1. The summed E-state index contributed by atoms with van der Waals surface area (Å²) < 4.78 is 10.2. The molecule has 0 N–H and O–H groups in total. The molecule has 0 radical (unpaired) electrons.